The Hall–Kier alpha value is -0.340. The van der Waals surface area contributed by atoms with Crippen LogP contribution in [0, 0.1) is 11.8 Å². The van der Waals surface area contributed by atoms with Crippen molar-refractivity contribution in [3.8, 4) is 0 Å². The number of hydrogen-bond donors (Lipinski definition) is 1. The smallest absolute Gasteiger partial charge is 0.102 e. The lowest BCUT2D eigenvalue weighted by molar-refractivity contribution is -0.0148. The highest BCUT2D eigenvalue weighted by atomic mass is 32.1. The minimum absolute atomic E-state index is 0.447. The molecule has 13 heavy (non-hydrogen) atoms. The molecule has 1 nitrogen and oxygen atoms in total. The van der Waals surface area contributed by atoms with E-state index < -0.39 is 5.60 Å². The summed E-state index contributed by atoms with van der Waals surface area (Å²) in [5.41, 5.74) is -0.447. The minimum Gasteiger partial charge on any atom is -0.384 e. The predicted octanol–water partition coefficient (Wildman–Crippen LogP) is 2.76. The molecule has 0 saturated heterocycles. The van der Waals surface area contributed by atoms with E-state index in [0.717, 1.165) is 12.3 Å². The van der Waals surface area contributed by atoms with Crippen molar-refractivity contribution in [2.45, 2.75) is 31.3 Å². The summed E-state index contributed by atoms with van der Waals surface area (Å²) in [4.78, 5) is 1.19. The predicted molar refractivity (Wildman–Crippen MR) is 53.7 cm³/mol. The maximum atomic E-state index is 10.6. The molecule has 2 fully saturated rings. The van der Waals surface area contributed by atoms with Crippen molar-refractivity contribution < 1.29 is 5.11 Å². The van der Waals surface area contributed by atoms with Crippen LogP contribution in [0.25, 0.3) is 0 Å². The molecule has 3 rings (SSSR count). The molecule has 3 atom stereocenters. The average Bonchev–Trinajstić information content (AvgIpc) is 2.79. The standard InChI is InChI=1S/C11H14OS/c12-11(10-2-1-5-13-10)7-8-3-4-9(11)6-8/h1-2,5,8-9,12H,3-4,6-7H2. The number of fused-ring (bicyclic) bond motifs is 2. The van der Waals surface area contributed by atoms with Gasteiger partial charge in [0, 0.05) is 4.88 Å². The lowest BCUT2D eigenvalue weighted by Crippen LogP contribution is -2.30. The van der Waals surface area contributed by atoms with Crippen molar-refractivity contribution in [3.63, 3.8) is 0 Å². The highest BCUT2D eigenvalue weighted by Gasteiger charge is 2.51. The normalized spacial score (nSPS) is 42.8. The molecule has 0 amide bonds. The Morgan fingerprint density at radius 2 is 2.38 bits per heavy atom. The summed E-state index contributed by atoms with van der Waals surface area (Å²) in [6, 6.07) is 4.13. The molecule has 1 aromatic rings. The molecule has 70 valence electrons. The first kappa shape index (κ1) is 8.01. The fraction of sp³-hybridized carbons (Fsp3) is 0.636. The van der Waals surface area contributed by atoms with Crippen molar-refractivity contribution >= 4 is 11.3 Å². The first-order chi connectivity index (χ1) is 6.29. The Kier molecular flexibility index (Phi) is 1.59. The van der Waals surface area contributed by atoms with Crippen molar-refractivity contribution in [2.75, 3.05) is 0 Å². The molecular formula is C11H14OS. The van der Waals surface area contributed by atoms with E-state index in [9.17, 15) is 5.11 Å². The lowest BCUT2D eigenvalue weighted by atomic mass is 9.83. The van der Waals surface area contributed by atoms with Crippen LogP contribution in [0.2, 0.25) is 0 Å². The van der Waals surface area contributed by atoms with Gasteiger partial charge in [0.05, 0.1) is 0 Å². The zero-order valence-corrected chi connectivity index (χ0v) is 8.39. The van der Waals surface area contributed by atoms with E-state index in [0.29, 0.717) is 5.92 Å². The summed E-state index contributed by atoms with van der Waals surface area (Å²) in [6.45, 7) is 0. The van der Waals surface area contributed by atoms with Crippen LogP contribution in [0.5, 0.6) is 0 Å². The van der Waals surface area contributed by atoms with Gasteiger partial charge in [-0.3, -0.25) is 0 Å². The molecule has 1 N–H and O–H groups in total. The number of rotatable bonds is 1. The summed E-state index contributed by atoms with van der Waals surface area (Å²) >= 11 is 1.71. The third-order valence-corrected chi connectivity index (χ3v) is 4.80. The van der Waals surface area contributed by atoms with Crippen LogP contribution in [-0.2, 0) is 5.60 Å². The molecule has 3 unspecified atom stereocenters. The lowest BCUT2D eigenvalue weighted by Gasteiger charge is -2.31. The summed E-state index contributed by atoms with van der Waals surface area (Å²) in [5.74, 6) is 1.35. The van der Waals surface area contributed by atoms with E-state index >= 15 is 0 Å². The van der Waals surface area contributed by atoms with E-state index in [2.05, 4.69) is 11.4 Å². The second-order valence-corrected chi connectivity index (χ2v) is 5.43. The monoisotopic (exact) mass is 194 g/mol. The van der Waals surface area contributed by atoms with Gasteiger partial charge in [0.1, 0.15) is 5.60 Å². The molecule has 2 aliphatic carbocycles. The van der Waals surface area contributed by atoms with Crippen LogP contribution in [0.3, 0.4) is 0 Å². The van der Waals surface area contributed by atoms with Crippen LogP contribution in [0.4, 0.5) is 0 Å². The van der Waals surface area contributed by atoms with Crippen LogP contribution >= 0.6 is 11.3 Å². The van der Waals surface area contributed by atoms with E-state index in [1.54, 1.807) is 11.3 Å². The Morgan fingerprint density at radius 3 is 2.92 bits per heavy atom. The zero-order chi connectivity index (χ0) is 8.89. The van der Waals surface area contributed by atoms with E-state index in [1.165, 1.54) is 24.1 Å². The van der Waals surface area contributed by atoms with Gasteiger partial charge < -0.3 is 5.11 Å². The minimum atomic E-state index is -0.447. The highest BCUT2D eigenvalue weighted by Crippen LogP contribution is 2.56. The summed E-state index contributed by atoms with van der Waals surface area (Å²) in [6.07, 6.45) is 4.85. The third-order valence-electron chi connectivity index (χ3n) is 3.76. The number of thiophene rings is 1. The Labute approximate surface area is 82.4 Å². The molecule has 0 spiro atoms. The van der Waals surface area contributed by atoms with Gasteiger partial charge in [-0.2, -0.15) is 0 Å². The molecule has 1 aromatic heterocycles. The van der Waals surface area contributed by atoms with Gasteiger partial charge in [-0.1, -0.05) is 6.07 Å². The average molecular weight is 194 g/mol. The van der Waals surface area contributed by atoms with Crippen LogP contribution in [0.15, 0.2) is 17.5 Å². The number of aliphatic hydroxyl groups is 1. The van der Waals surface area contributed by atoms with E-state index in [1.807, 2.05) is 6.07 Å². The van der Waals surface area contributed by atoms with E-state index in [-0.39, 0.29) is 0 Å². The van der Waals surface area contributed by atoms with Gasteiger partial charge in [-0.05, 0) is 49.0 Å². The summed E-state index contributed by atoms with van der Waals surface area (Å²) < 4.78 is 0. The molecule has 2 heteroatoms. The largest absolute Gasteiger partial charge is 0.384 e. The zero-order valence-electron chi connectivity index (χ0n) is 7.57. The van der Waals surface area contributed by atoms with Gasteiger partial charge in [-0.15, -0.1) is 11.3 Å². The van der Waals surface area contributed by atoms with Crippen molar-refractivity contribution in [3.05, 3.63) is 22.4 Å². The van der Waals surface area contributed by atoms with Gasteiger partial charge in [0.15, 0.2) is 0 Å². The van der Waals surface area contributed by atoms with Crippen LogP contribution < -0.4 is 0 Å². The maximum absolute atomic E-state index is 10.6. The Morgan fingerprint density at radius 1 is 1.46 bits per heavy atom. The molecule has 2 bridgehead atoms. The second-order valence-electron chi connectivity index (χ2n) is 4.48. The van der Waals surface area contributed by atoms with Crippen molar-refractivity contribution in [1.82, 2.24) is 0 Å². The van der Waals surface area contributed by atoms with Gasteiger partial charge in [-0.25, -0.2) is 0 Å². The molecule has 1 heterocycles. The molecule has 0 radical (unpaired) electrons. The SMILES string of the molecule is OC1(c2cccs2)CC2CCC1C2. The maximum Gasteiger partial charge on any atom is 0.102 e. The Balaban J connectivity index is 1.98. The topological polar surface area (TPSA) is 20.2 Å². The molecule has 2 aliphatic rings. The summed E-state index contributed by atoms with van der Waals surface area (Å²) in [5, 5.41) is 12.6. The first-order valence-electron chi connectivity index (χ1n) is 5.05. The quantitative estimate of drug-likeness (QED) is 0.729. The van der Waals surface area contributed by atoms with E-state index in [4.69, 9.17) is 0 Å². The number of hydrogen-bond acceptors (Lipinski definition) is 2. The molecule has 0 aromatic carbocycles. The van der Waals surface area contributed by atoms with Gasteiger partial charge in [0.25, 0.3) is 0 Å². The molecule has 0 aliphatic heterocycles. The fourth-order valence-electron chi connectivity index (χ4n) is 3.13. The molecule has 2 saturated carbocycles. The van der Waals surface area contributed by atoms with Crippen molar-refractivity contribution in [1.29, 1.82) is 0 Å². The van der Waals surface area contributed by atoms with Gasteiger partial charge in [0.2, 0.25) is 0 Å². The summed E-state index contributed by atoms with van der Waals surface area (Å²) in [7, 11) is 0. The molecular weight excluding hydrogens is 180 g/mol. The van der Waals surface area contributed by atoms with Gasteiger partial charge >= 0.3 is 0 Å². The fourth-order valence-corrected chi connectivity index (χ4v) is 4.04. The second kappa shape index (κ2) is 2.58. The Bertz CT molecular complexity index is 306. The van der Waals surface area contributed by atoms with Crippen LogP contribution in [0.1, 0.15) is 30.6 Å². The van der Waals surface area contributed by atoms with Crippen molar-refractivity contribution in [2.24, 2.45) is 11.8 Å². The third kappa shape index (κ3) is 1.02. The highest BCUT2D eigenvalue weighted by molar-refractivity contribution is 7.10. The first-order valence-corrected chi connectivity index (χ1v) is 5.93. The van der Waals surface area contributed by atoms with Crippen LogP contribution in [-0.4, -0.2) is 5.11 Å².